The molecule has 0 radical (unpaired) electrons. The smallest absolute Gasteiger partial charge is 0.322 e. The first-order valence-electron chi connectivity index (χ1n) is 5.23. The van der Waals surface area contributed by atoms with Gasteiger partial charge in [-0.05, 0) is 13.3 Å². The van der Waals surface area contributed by atoms with Crippen molar-refractivity contribution >= 4 is 11.9 Å². The lowest BCUT2D eigenvalue weighted by Crippen LogP contribution is -2.59. The molecule has 15 heavy (non-hydrogen) atoms. The van der Waals surface area contributed by atoms with E-state index in [1.165, 1.54) is 7.11 Å². The molecule has 5 heteroatoms. The number of ether oxygens (including phenoxy) is 1. The van der Waals surface area contributed by atoms with Gasteiger partial charge in [-0.3, -0.25) is 14.5 Å². The highest BCUT2D eigenvalue weighted by atomic mass is 16.5. The van der Waals surface area contributed by atoms with Crippen molar-refractivity contribution < 1.29 is 14.3 Å². The van der Waals surface area contributed by atoms with E-state index in [1.807, 2.05) is 11.8 Å². The molecule has 1 rings (SSSR count). The van der Waals surface area contributed by atoms with Gasteiger partial charge in [-0.1, -0.05) is 6.92 Å². The van der Waals surface area contributed by atoms with Crippen molar-refractivity contribution in [1.29, 1.82) is 0 Å². The fourth-order valence-electron chi connectivity index (χ4n) is 1.92. The number of hydrogen-bond acceptors (Lipinski definition) is 4. The van der Waals surface area contributed by atoms with Crippen LogP contribution in [0, 0.1) is 0 Å². The zero-order chi connectivity index (χ0) is 11.4. The number of nitrogens with one attached hydrogen (secondary N) is 1. The first-order chi connectivity index (χ1) is 7.11. The number of rotatable bonds is 3. The van der Waals surface area contributed by atoms with Crippen LogP contribution in [0.25, 0.3) is 0 Å². The van der Waals surface area contributed by atoms with Crippen molar-refractivity contribution in [2.45, 2.75) is 32.4 Å². The molecule has 1 saturated heterocycles. The van der Waals surface area contributed by atoms with Gasteiger partial charge < -0.3 is 10.1 Å². The summed E-state index contributed by atoms with van der Waals surface area (Å²) < 4.78 is 4.68. The summed E-state index contributed by atoms with van der Waals surface area (Å²) >= 11 is 0. The average molecular weight is 214 g/mol. The van der Waals surface area contributed by atoms with Crippen molar-refractivity contribution in [1.82, 2.24) is 10.2 Å². The van der Waals surface area contributed by atoms with Crippen LogP contribution < -0.4 is 5.32 Å². The summed E-state index contributed by atoms with van der Waals surface area (Å²) in [4.78, 5) is 24.8. The van der Waals surface area contributed by atoms with E-state index < -0.39 is 0 Å². The fourth-order valence-corrected chi connectivity index (χ4v) is 1.92. The van der Waals surface area contributed by atoms with Crippen molar-refractivity contribution in [3.8, 4) is 0 Å². The quantitative estimate of drug-likeness (QED) is 0.659. The van der Waals surface area contributed by atoms with Gasteiger partial charge in [0.1, 0.15) is 6.04 Å². The van der Waals surface area contributed by atoms with E-state index in [-0.39, 0.29) is 24.0 Å². The number of esters is 1. The van der Waals surface area contributed by atoms with Gasteiger partial charge in [0, 0.05) is 13.1 Å². The van der Waals surface area contributed by atoms with Crippen molar-refractivity contribution in [3.63, 3.8) is 0 Å². The maximum Gasteiger partial charge on any atom is 0.322 e. The van der Waals surface area contributed by atoms with E-state index >= 15 is 0 Å². The van der Waals surface area contributed by atoms with Gasteiger partial charge in [0.25, 0.3) is 0 Å². The molecule has 1 aliphatic heterocycles. The number of hydrogen-bond donors (Lipinski definition) is 1. The summed E-state index contributed by atoms with van der Waals surface area (Å²) in [6.45, 7) is 5.00. The summed E-state index contributed by atoms with van der Waals surface area (Å²) in [5, 5.41) is 2.79. The second kappa shape index (κ2) is 5.11. The van der Waals surface area contributed by atoms with Crippen molar-refractivity contribution in [2.75, 3.05) is 20.2 Å². The summed E-state index contributed by atoms with van der Waals surface area (Å²) in [5.74, 6) is -0.289. The van der Waals surface area contributed by atoms with Gasteiger partial charge in [0.05, 0.1) is 13.2 Å². The van der Waals surface area contributed by atoms with Gasteiger partial charge in [-0.15, -0.1) is 0 Å². The molecule has 0 spiro atoms. The Bertz CT molecular complexity index is 255. The predicted molar refractivity (Wildman–Crippen MR) is 55.3 cm³/mol. The van der Waals surface area contributed by atoms with E-state index in [9.17, 15) is 9.59 Å². The fraction of sp³-hybridized carbons (Fsp3) is 0.800. The Kier molecular flexibility index (Phi) is 4.08. The topological polar surface area (TPSA) is 58.6 Å². The van der Waals surface area contributed by atoms with Gasteiger partial charge in [0.2, 0.25) is 5.91 Å². The van der Waals surface area contributed by atoms with Gasteiger partial charge in [0.15, 0.2) is 0 Å². The number of carbonyl (C=O) groups is 2. The molecule has 0 aromatic rings. The normalized spacial score (nSPS) is 24.5. The molecule has 1 heterocycles. The maximum absolute atomic E-state index is 11.5. The van der Waals surface area contributed by atoms with Crippen LogP contribution in [0.3, 0.4) is 0 Å². The van der Waals surface area contributed by atoms with Crippen LogP contribution in [-0.2, 0) is 14.3 Å². The number of methoxy groups -OCH3 is 1. The second-order valence-corrected chi connectivity index (χ2v) is 3.65. The minimum atomic E-state index is -0.356. The number of carbonyl (C=O) groups excluding carboxylic acids is 2. The molecular formula is C10H18N2O3. The zero-order valence-electron chi connectivity index (χ0n) is 9.45. The number of piperazine rings is 1. The molecule has 1 aliphatic rings. The highest BCUT2D eigenvalue weighted by Gasteiger charge is 2.34. The van der Waals surface area contributed by atoms with Crippen LogP contribution in [0.2, 0.25) is 0 Å². The average Bonchev–Trinajstić information content (AvgIpc) is 2.26. The molecule has 1 N–H and O–H groups in total. The highest BCUT2D eigenvalue weighted by molar-refractivity contribution is 5.84. The Hall–Kier alpha value is -1.10. The van der Waals surface area contributed by atoms with Crippen LogP contribution in [0.4, 0.5) is 0 Å². The third-order valence-electron chi connectivity index (χ3n) is 2.80. The lowest BCUT2D eigenvalue weighted by atomic mass is 10.1. The zero-order valence-corrected chi connectivity index (χ0v) is 9.45. The van der Waals surface area contributed by atoms with Crippen LogP contribution in [0.15, 0.2) is 0 Å². The molecule has 2 unspecified atom stereocenters. The van der Waals surface area contributed by atoms with Crippen LogP contribution in [-0.4, -0.2) is 49.1 Å². The molecule has 2 atom stereocenters. The molecule has 0 bridgehead atoms. The molecule has 1 fully saturated rings. The lowest BCUT2D eigenvalue weighted by Gasteiger charge is -2.37. The Balaban J connectivity index is 2.73. The minimum Gasteiger partial charge on any atom is -0.468 e. The summed E-state index contributed by atoms with van der Waals surface area (Å²) in [7, 11) is 1.36. The third kappa shape index (κ3) is 2.47. The van der Waals surface area contributed by atoms with Crippen molar-refractivity contribution in [3.05, 3.63) is 0 Å². The Morgan fingerprint density at radius 3 is 2.93 bits per heavy atom. The third-order valence-corrected chi connectivity index (χ3v) is 2.80. The molecule has 0 aliphatic carbocycles. The van der Waals surface area contributed by atoms with Gasteiger partial charge in [-0.2, -0.15) is 0 Å². The Morgan fingerprint density at radius 2 is 2.40 bits per heavy atom. The monoisotopic (exact) mass is 214 g/mol. The number of amides is 1. The highest BCUT2D eigenvalue weighted by Crippen LogP contribution is 2.13. The first-order valence-corrected chi connectivity index (χ1v) is 5.23. The van der Waals surface area contributed by atoms with Crippen LogP contribution in [0.1, 0.15) is 20.3 Å². The predicted octanol–water partition coefficient (Wildman–Crippen LogP) is -0.242. The molecule has 1 amide bonds. The lowest BCUT2D eigenvalue weighted by molar-refractivity contribution is -0.149. The first kappa shape index (κ1) is 12.0. The largest absolute Gasteiger partial charge is 0.468 e. The van der Waals surface area contributed by atoms with Gasteiger partial charge in [-0.25, -0.2) is 0 Å². The Labute approximate surface area is 89.8 Å². The van der Waals surface area contributed by atoms with E-state index in [4.69, 9.17) is 0 Å². The summed E-state index contributed by atoms with van der Waals surface area (Å²) in [6, 6.07) is -0.571. The van der Waals surface area contributed by atoms with Gasteiger partial charge >= 0.3 is 5.97 Å². The molecule has 5 nitrogen and oxygen atoms in total. The van der Waals surface area contributed by atoms with E-state index in [0.717, 1.165) is 0 Å². The van der Waals surface area contributed by atoms with E-state index in [0.29, 0.717) is 19.5 Å². The summed E-state index contributed by atoms with van der Waals surface area (Å²) in [6.07, 6.45) is 0.702. The number of nitrogens with zero attached hydrogens (tertiary/aromatic N) is 1. The Morgan fingerprint density at radius 1 is 1.73 bits per heavy atom. The summed E-state index contributed by atoms with van der Waals surface area (Å²) in [5.41, 5.74) is 0. The standard InChI is InChI=1S/C10H18N2O3/c1-4-8-9(13)11-5-6-12(8)7(2)10(14)15-3/h7-8H,4-6H2,1-3H3,(H,11,13). The molecular weight excluding hydrogens is 196 g/mol. The molecule has 0 aromatic carbocycles. The van der Waals surface area contributed by atoms with Crippen LogP contribution in [0.5, 0.6) is 0 Å². The van der Waals surface area contributed by atoms with E-state index in [2.05, 4.69) is 10.1 Å². The molecule has 0 aromatic heterocycles. The molecule has 0 saturated carbocycles. The molecule has 86 valence electrons. The van der Waals surface area contributed by atoms with Crippen LogP contribution >= 0.6 is 0 Å². The van der Waals surface area contributed by atoms with Crippen molar-refractivity contribution in [2.24, 2.45) is 0 Å². The minimum absolute atomic E-state index is 0.000460. The SMILES string of the molecule is CCC1C(=O)NCCN1C(C)C(=O)OC. The van der Waals surface area contributed by atoms with E-state index in [1.54, 1.807) is 6.92 Å². The maximum atomic E-state index is 11.5. The second-order valence-electron chi connectivity index (χ2n) is 3.65.